The summed E-state index contributed by atoms with van der Waals surface area (Å²) in [5, 5.41) is 11.3. The number of aryl methyl sites for hydroxylation is 1. The van der Waals surface area contributed by atoms with Gasteiger partial charge in [-0.15, -0.1) is 17.0 Å². The molecule has 0 aliphatic rings. The molecule has 3 heteroatoms. The molecule has 0 unspecified atom stereocenters. The van der Waals surface area contributed by atoms with E-state index >= 15 is 0 Å². The average molecular weight is 240 g/mol. The molecule has 0 atom stereocenters. The number of pyridine rings is 1. The smallest absolute Gasteiger partial charge is 0.116 e. The van der Waals surface area contributed by atoms with E-state index in [-0.39, 0.29) is 22.7 Å². The number of hydrogen-bond acceptors (Lipinski definition) is 2. The average Bonchev–Trinajstić information content (AvgIpc) is 2.04. The Kier molecular flexibility index (Phi) is 2.88. The van der Waals surface area contributed by atoms with Crippen molar-refractivity contribution in [3.05, 3.63) is 36.2 Å². The van der Waals surface area contributed by atoms with Crippen molar-refractivity contribution in [1.29, 1.82) is 0 Å². The molecule has 2 rings (SSSR count). The van der Waals surface area contributed by atoms with E-state index in [1.165, 1.54) is 0 Å². The Bertz CT molecular complexity index is 428. The van der Waals surface area contributed by atoms with Gasteiger partial charge >= 0.3 is 0 Å². The van der Waals surface area contributed by atoms with Crippen LogP contribution < -0.4 is 0 Å². The number of hydrogen-bond donors (Lipinski definition) is 1. The van der Waals surface area contributed by atoms with Crippen LogP contribution in [0.4, 0.5) is 0 Å². The molecular formula is C10H10BrNO. The molecule has 68 valence electrons. The van der Waals surface area contributed by atoms with E-state index in [1.54, 1.807) is 18.3 Å². The Hall–Kier alpha value is -1.09. The number of halogens is 1. The van der Waals surface area contributed by atoms with Gasteiger partial charge in [-0.1, -0.05) is 6.07 Å². The predicted octanol–water partition coefficient (Wildman–Crippen LogP) is 2.83. The van der Waals surface area contributed by atoms with Crippen LogP contribution in [0.3, 0.4) is 0 Å². The maximum Gasteiger partial charge on any atom is 0.116 e. The van der Waals surface area contributed by atoms with E-state index < -0.39 is 0 Å². The van der Waals surface area contributed by atoms with Crippen molar-refractivity contribution in [3.8, 4) is 5.75 Å². The van der Waals surface area contributed by atoms with E-state index in [2.05, 4.69) is 4.98 Å². The van der Waals surface area contributed by atoms with Gasteiger partial charge in [-0.2, -0.15) is 0 Å². The van der Waals surface area contributed by atoms with Crippen LogP contribution in [0.1, 0.15) is 5.56 Å². The molecule has 2 aromatic rings. The lowest BCUT2D eigenvalue weighted by Crippen LogP contribution is -1.80. The summed E-state index contributed by atoms with van der Waals surface area (Å²) < 4.78 is 0. The number of phenols is 1. The van der Waals surface area contributed by atoms with Crippen LogP contribution in [-0.2, 0) is 0 Å². The van der Waals surface area contributed by atoms with Crippen LogP contribution in [0.2, 0.25) is 0 Å². The summed E-state index contributed by atoms with van der Waals surface area (Å²) in [6, 6.07) is 5.31. The Morgan fingerprint density at radius 3 is 2.77 bits per heavy atom. The van der Waals surface area contributed by atoms with E-state index in [1.807, 2.05) is 19.2 Å². The molecule has 0 aliphatic heterocycles. The van der Waals surface area contributed by atoms with Gasteiger partial charge in [0.15, 0.2) is 0 Å². The number of aromatic nitrogens is 1. The molecule has 0 saturated carbocycles. The first-order valence-electron chi connectivity index (χ1n) is 3.81. The fourth-order valence-corrected chi connectivity index (χ4v) is 1.31. The van der Waals surface area contributed by atoms with E-state index in [0.29, 0.717) is 0 Å². The predicted molar refractivity (Wildman–Crippen MR) is 58.5 cm³/mol. The molecule has 0 aliphatic carbocycles. The highest BCUT2D eigenvalue weighted by atomic mass is 79.9. The quantitative estimate of drug-likeness (QED) is 0.768. The molecule has 1 aromatic carbocycles. The number of fused-ring (bicyclic) bond motifs is 1. The van der Waals surface area contributed by atoms with Gasteiger partial charge in [0, 0.05) is 17.8 Å². The molecule has 1 N–H and O–H groups in total. The second-order valence-corrected chi connectivity index (χ2v) is 2.86. The summed E-state index contributed by atoms with van der Waals surface area (Å²) >= 11 is 0. The first-order valence-corrected chi connectivity index (χ1v) is 3.81. The van der Waals surface area contributed by atoms with Crippen molar-refractivity contribution >= 4 is 27.8 Å². The minimum Gasteiger partial charge on any atom is -0.508 e. The molecule has 0 amide bonds. The number of phenolic OH excluding ortho intramolecular Hbond substituents is 1. The maximum atomic E-state index is 9.19. The van der Waals surface area contributed by atoms with E-state index in [0.717, 1.165) is 16.3 Å². The fourth-order valence-electron chi connectivity index (χ4n) is 1.31. The maximum absolute atomic E-state index is 9.19. The molecular weight excluding hydrogens is 230 g/mol. The van der Waals surface area contributed by atoms with Gasteiger partial charge in [-0.25, -0.2) is 0 Å². The van der Waals surface area contributed by atoms with Gasteiger partial charge in [0.1, 0.15) is 5.75 Å². The second kappa shape index (κ2) is 3.75. The van der Waals surface area contributed by atoms with E-state index in [4.69, 9.17) is 0 Å². The molecule has 0 radical (unpaired) electrons. The topological polar surface area (TPSA) is 33.1 Å². The minimum absolute atomic E-state index is 0. The summed E-state index contributed by atoms with van der Waals surface area (Å²) in [5.74, 6) is 0.287. The van der Waals surface area contributed by atoms with Crippen molar-refractivity contribution < 1.29 is 5.11 Å². The molecule has 1 aromatic heterocycles. The summed E-state index contributed by atoms with van der Waals surface area (Å²) in [5.41, 5.74) is 1.13. The number of nitrogens with zero attached hydrogens (tertiary/aromatic N) is 1. The van der Waals surface area contributed by atoms with Gasteiger partial charge in [-0.05, 0) is 30.0 Å². The normalized spacial score (nSPS) is 9.62. The summed E-state index contributed by atoms with van der Waals surface area (Å²) in [6.07, 6.45) is 3.57. The molecule has 0 fully saturated rings. The third kappa shape index (κ3) is 1.80. The van der Waals surface area contributed by atoms with Crippen LogP contribution >= 0.6 is 17.0 Å². The third-order valence-corrected chi connectivity index (χ3v) is 1.94. The SMILES string of the molecule is Br.Cc1cncc2cc(O)ccc12. The molecule has 2 nitrogen and oxygen atoms in total. The molecule has 0 saturated heterocycles. The largest absolute Gasteiger partial charge is 0.508 e. The van der Waals surface area contributed by atoms with Crippen LogP contribution in [0.25, 0.3) is 10.8 Å². The number of aromatic hydroxyl groups is 1. The van der Waals surface area contributed by atoms with E-state index in [9.17, 15) is 5.11 Å². The van der Waals surface area contributed by atoms with Gasteiger partial charge in [0.25, 0.3) is 0 Å². The zero-order valence-corrected chi connectivity index (χ0v) is 8.90. The highest BCUT2D eigenvalue weighted by molar-refractivity contribution is 8.93. The molecule has 0 spiro atoms. The third-order valence-electron chi connectivity index (χ3n) is 1.94. The summed E-state index contributed by atoms with van der Waals surface area (Å²) in [6.45, 7) is 2.01. The lowest BCUT2D eigenvalue weighted by atomic mass is 10.1. The van der Waals surface area contributed by atoms with Gasteiger partial charge in [0.2, 0.25) is 0 Å². The Balaban J connectivity index is 0.000000845. The number of benzene rings is 1. The van der Waals surface area contributed by atoms with Crippen molar-refractivity contribution in [1.82, 2.24) is 4.98 Å². The first kappa shape index (κ1) is 9.99. The lowest BCUT2D eigenvalue weighted by molar-refractivity contribution is 0.476. The van der Waals surface area contributed by atoms with Gasteiger partial charge in [-0.3, -0.25) is 4.98 Å². The molecule has 1 heterocycles. The zero-order valence-electron chi connectivity index (χ0n) is 7.19. The van der Waals surface area contributed by atoms with Crippen LogP contribution in [0.15, 0.2) is 30.6 Å². The highest BCUT2D eigenvalue weighted by Crippen LogP contribution is 2.20. The lowest BCUT2D eigenvalue weighted by Gasteiger charge is -2.00. The molecule has 0 bridgehead atoms. The Morgan fingerprint density at radius 2 is 2.00 bits per heavy atom. The van der Waals surface area contributed by atoms with Crippen molar-refractivity contribution in [3.63, 3.8) is 0 Å². The van der Waals surface area contributed by atoms with Crippen LogP contribution in [-0.4, -0.2) is 10.1 Å². The van der Waals surface area contributed by atoms with Crippen LogP contribution in [0.5, 0.6) is 5.75 Å². The van der Waals surface area contributed by atoms with Gasteiger partial charge in [0.05, 0.1) is 0 Å². The fraction of sp³-hybridized carbons (Fsp3) is 0.100. The standard InChI is InChI=1S/C10H9NO.BrH/c1-7-5-11-6-8-4-9(12)2-3-10(7)8;/h2-6,12H,1H3;1H. The molecule has 13 heavy (non-hydrogen) atoms. The Labute approximate surface area is 87.0 Å². The monoisotopic (exact) mass is 239 g/mol. The minimum atomic E-state index is 0. The summed E-state index contributed by atoms with van der Waals surface area (Å²) in [4.78, 5) is 4.04. The van der Waals surface area contributed by atoms with Crippen LogP contribution in [0, 0.1) is 6.92 Å². The van der Waals surface area contributed by atoms with Crippen molar-refractivity contribution in [2.75, 3.05) is 0 Å². The first-order chi connectivity index (χ1) is 5.77. The second-order valence-electron chi connectivity index (χ2n) is 2.86. The zero-order chi connectivity index (χ0) is 8.55. The van der Waals surface area contributed by atoms with Crippen molar-refractivity contribution in [2.24, 2.45) is 0 Å². The Morgan fingerprint density at radius 1 is 1.23 bits per heavy atom. The number of rotatable bonds is 0. The van der Waals surface area contributed by atoms with Crippen molar-refractivity contribution in [2.45, 2.75) is 6.92 Å². The summed E-state index contributed by atoms with van der Waals surface area (Å²) in [7, 11) is 0. The van der Waals surface area contributed by atoms with Gasteiger partial charge < -0.3 is 5.11 Å². The highest BCUT2D eigenvalue weighted by Gasteiger charge is 1.97.